The Kier molecular flexibility index (Phi) is 3.41. The molecule has 0 spiro atoms. The van der Waals surface area contributed by atoms with E-state index < -0.39 is 6.10 Å². The molecule has 1 aromatic rings. The minimum atomic E-state index is -0.474. The molecule has 1 aliphatic heterocycles. The van der Waals surface area contributed by atoms with Crippen molar-refractivity contribution in [3.63, 3.8) is 0 Å². The normalized spacial score (nSPS) is 17.4. The monoisotopic (exact) mass is 236 g/mol. The number of hydrogen-bond acceptors (Lipinski definition) is 2. The minimum Gasteiger partial charge on any atom is -0.387 e. The fourth-order valence-electron chi connectivity index (χ4n) is 1.88. The number of thiocarbonyl (C=S) groups is 1. The fraction of sp³-hybridized carbons (Fsp3) is 0.417. The van der Waals surface area contributed by atoms with Crippen molar-refractivity contribution in [3.05, 3.63) is 35.4 Å². The maximum absolute atomic E-state index is 10.1. The van der Waals surface area contributed by atoms with E-state index in [-0.39, 0.29) is 0 Å². The van der Waals surface area contributed by atoms with Crippen LogP contribution in [0.3, 0.4) is 0 Å². The third-order valence-electron chi connectivity index (χ3n) is 2.77. The lowest BCUT2D eigenvalue weighted by atomic mass is 10.1. The lowest BCUT2D eigenvalue weighted by molar-refractivity contribution is 0.148. The highest BCUT2D eigenvalue weighted by molar-refractivity contribution is 7.80. The average Bonchev–Trinajstić information content (AvgIpc) is 2.64. The predicted octanol–water partition coefficient (Wildman–Crippen LogP) is 1.22. The first kappa shape index (κ1) is 11.4. The van der Waals surface area contributed by atoms with Crippen LogP contribution in [0, 0.1) is 6.92 Å². The van der Waals surface area contributed by atoms with E-state index in [2.05, 4.69) is 5.32 Å². The van der Waals surface area contributed by atoms with Crippen LogP contribution in [-0.4, -0.2) is 34.8 Å². The zero-order chi connectivity index (χ0) is 11.5. The topological polar surface area (TPSA) is 35.5 Å². The number of rotatable bonds is 3. The fourth-order valence-corrected chi connectivity index (χ4v) is 2.14. The van der Waals surface area contributed by atoms with Crippen molar-refractivity contribution in [2.45, 2.75) is 13.0 Å². The summed E-state index contributed by atoms with van der Waals surface area (Å²) in [7, 11) is 0. The summed E-state index contributed by atoms with van der Waals surface area (Å²) >= 11 is 5.14. The van der Waals surface area contributed by atoms with Crippen molar-refractivity contribution in [2.75, 3.05) is 19.6 Å². The molecule has 0 saturated carbocycles. The molecule has 1 heterocycles. The Balaban J connectivity index is 2.02. The molecule has 1 atom stereocenters. The molecule has 1 unspecified atom stereocenters. The van der Waals surface area contributed by atoms with Gasteiger partial charge in [0.15, 0.2) is 5.11 Å². The van der Waals surface area contributed by atoms with Gasteiger partial charge in [-0.3, -0.25) is 0 Å². The zero-order valence-electron chi connectivity index (χ0n) is 9.31. The Hall–Kier alpha value is -1.13. The van der Waals surface area contributed by atoms with E-state index >= 15 is 0 Å². The largest absolute Gasteiger partial charge is 0.387 e. The molecule has 1 saturated heterocycles. The molecule has 0 radical (unpaired) electrons. The lowest BCUT2D eigenvalue weighted by Crippen LogP contribution is -2.31. The van der Waals surface area contributed by atoms with Crippen LogP contribution in [0.1, 0.15) is 17.2 Å². The van der Waals surface area contributed by atoms with Gasteiger partial charge in [-0.2, -0.15) is 0 Å². The lowest BCUT2D eigenvalue weighted by Gasteiger charge is -2.21. The summed E-state index contributed by atoms with van der Waals surface area (Å²) in [6.07, 6.45) is -0.474. The van der Waals surface area contributed by atoms with Crippen LogP contribution in [0.4, 0.5) is 0 Å². The van der Waals surface area contributed by atoms with Gasteiger partial charge in [0.25, 0.3) is 0 Å². The summed E-state index contributed by atoms with van der Waals surface area (Å²) in [5.74, 6) is 0. The number of β-amino-alcohol motifs (C(OH)–C–C–N with tert-alkyl or cyclic N) is 1. The van der Waals surface area contributed by atoms with Crippen LogP contribution in [0.15, 0.2) is 24.3 Å². The molecule has 2 N–H and O–H groups in total. The molecular weight excluding hydrogens is 220 g/mol. The molecular formula is C12H16N2OS. The minimum absolute atomic E-state index is 0.474. The number of aliphatic hydroxyl groups excluding tert-OH is 1. The van der Waals surface area contributed by atoms with E-state index in [4.69, 9.17) is 12.2 Å². The number of hydrogen-bond donors (Lipinski definition) is 2. The van der Waals surface area contributed by atoms with E-state index in [1.165, 1.54) is 5.56 Å². The molecule has 86 valence electrons. The average molecular weight is 236 g/mol. The van der Waals surface area contributed by atoms with Crippen molar-refractivity contribution in [2.24, 2.45) is 0 Å². The molecule has 0 amide bonds. The summed E-state index contributed by atoms with van der Waals surface area (Å²) in [6.45, 7) is 4.34. The Morgan fingerprint density at radius 1 is 1.56 bits per heavy atom. The second-order valence-corrected chi connectivity index (χ2v) is 4.49. The number of aryl methyl sites for hydroxylation is 1. The van der Waals surface area contributed by atoms with Gasteiger partial charge in [0.2, 0.25) is 0 Å². The first-order chi connectivity index (χ1) is 7.66. The number of nitrogens with zero attached hydrogens (tertiary/aromatic N) is 1. The molecule has 16 heavy (non-hydrogen) atoms. The van der Waals surface area contributed by atoms with E-state index in [9.17, 15) is 5.11 Å². The molecule has 3 nitrogen and oxygen atoms in total. The molecule has 4 heteroatoms. The Bertz CT molecular complexity index is 394. The van der Waals surface area contributed by atoms with Crippen molar-refractivity contribution in [3.8, 4) is 0 Å². The molecule has 0 aromatic heterocycles. The van der Waals surface area contributed by atoms with Crippen molar-refractivity contribution < 1.29 is 5.11 Å². The van der Waals surface area contributed by atoms with Gasteiger partial charge < -0.3 is 15.3 Å². The first-order valence-corrected chi connectivity index (χ1v) is 5.85. The SMILES string of the molecule is Cc1cccc(C(O)CN2CCNC2=S)c1. The second kappa shape index (κ2) is 4.80. The highest BCUT2D eigenvalue weighted by atomic mass is 32.1. The highest BCUT2D eigenvalue weighted by Gasteiger charge is 2.19. The number of benzene rings is 1. The smallest absolute Gasteiger partial charge is 0.169 e. The number of nitrogens with one attached hydrogen (secondary N) is 1. The van der Waals surface area contributed by atoms with Crippen LogP contribution in [-0.2, 0) is 0 Å². The molecule has 0 aliphatic carbocycles. The van der Waals surface area contributed by atoms with E-state index in [1.807, 2.05) is 36.1 Å². The Morgan fingerprint density at radius 3 is 3.00 bits per heavy atom. The third kappa shape index (κ3) is 2.51. The zero-order valence-corrected chi connectivity index (χ0v) is 10.1. The third-order valence-corrected chi connectivity index (χ3v) is 3.17. The number of aliphatic hydroxyl groups is 1. The van der Waals surface area contributed by atoms with Gasteiger partial charge in [0.1, 0.15) is 0 Å². The predicted molar refractivity (Wildman–Crippen MR) is 68.3 cm³/mol. The van der Waals surface area contributed by atoms with E-state index in [0.29, 0.717) is 6.54 Å². The van der Waals surface area contributed by atoms with Gasteiger partial charge in [0, 0.05) is 13.1 Å². The van der Waals surface area contributed by atoms with Crippen LogP contribution < -0.4 is 5.32 Å². The maximum atomic E-state index is 10.1. The first-order valence-electron chi connectivity index (χ1n) is 5.44. The summed E-state index contributed by atoms with van der Waals surface area (Å²) in [5.41, 5.74) is 2.12. The standard InChI is InChI=1S/C12H16N2OS/c1-9-3-2-4-10(7-9)11(15)8-14-6-5-13-12(14)16/h2-4,7,11,15H,5-6,8H2,1H3,(H,13,16). The van der Waals surface area contributed by atoms with Gasteiger partial charge >= 0.3 is 0 Å². The maximum Gasteiger partial charge on any atom is 0.169 e. The second-order valence-electron chi connectivity index (χ2n) is 4.11. The van der Waals surface area contributed by atoms with Gasteiger partial charge in [-0.25, -0.2) is 0 Å². The van der Waals surface area contributed by atoms with Crippen molar-refractivity contribution in [1.82, 2.24) is 10.2 Å². The molecule has 2 rings (SSSR count). The van der Waals surface area contributed by atoms with Gasteiger partial charge in [0.05, 0.1) is 12.6 Å². The van der Waals surface area contributed by atoms with Crippen LogP contribution >= 0.6 is 12.2 Å². The Labute approximate surface area is 101 Å². The summed E-state index contributed by atoms with van der Waals surface area (Å²) in [6, 6.07) is 7.95. The molecule has 1 aromatic carbocycles. The van der Waals surface area contributed by atoms with Crippen molar-refractivity contribution >= 4 is 17.3 Å². The Morgan fingerprint density at radius 2 is 2.38 bits per heavy atom. The summed E-state index contributed by atoms with van der Waals surface area (Å²) in [5, 5.41) is 13.9. The van der Waals surface area contributed by atoms with Gasteiger partial charge in [-0.1, -0.05) is 29.8 Å². The van der Waals surface area contributed by atoms with Crippen molar-refractivity contribution in [1.29, 1.82) is 0 Å². The molecule has 1 aliphatic rings. The van der Waals surface area contributed by atoms with E-state index in [1.54, 1.807) is 0 Å². The van der Waals surface area contributed by atoms with Gasteiger partial charge in [-0.05, 0) is 24.7 Å². The quantitative estimate of drug-likeness (QED) is 0.774. The van der Waals surface area contributed by atoms with Crippen LogP contribution in [0.2, 0.25) is 0 Å². The van der Waals surface area contributed by atoms with Crippen LogP contribution in [0.25, 0.3) is 0 Å². The highest BCUT2D eigenvalue weighted by Crippen LogP contribution is 2.16. The van der Waals surface area contributed by atoms with Crippen LogP contribution in [0.5, 0.6) is 0 Å². The van der Waals surface area contributed by atoms with E-state index in [0.717, 1.165) is 23.8 Å². The molecule has 0 bridgehead atoms. The summed E-state index contributed by atoms with van der Waals surface area (Å²) < 4.78 is 0. The molecule has 1 fully saturated rings. The van der Waals surface area contributed by atoms with Gasteiger partial charge in [-0.15, -0.1) is 0 Å². The summed E-state index contributed by atoms with van der Waals surface area (Å²) in [4.78, 5) is 2.00.